The predicted octanol–water partition coefficient (Wildman–Crippen LogP) is 2.65. The van der Waals surface area contributed by atoms with E-state index in [1.165, 1.54) is 5.56 Å². The summed E-state index contributed by atoms with van der Waals surface area (Å²) in [6, 6.07) is 15.5. The van der Waals surface area contributed by atoms with Crippen molar-refractivity contribution in [3.8, 4) is 5.75 Å². The maximum Gasteiger partial charge on any atom is 0.251 e. The van der Waals surface area contributed by atoms with Gasteiger partial charge in [-0.05, 0) is 42.3 Å². The molecule has 6 nitrogen and oxygen atoms in total. The number of methoxy groups -OCH3 is 1. The Labute approximate surface area is 161 Å². The van der Waals surface area contributed by atoms with Gasteiger partial charge in [0.15, 0.2) is 5.96 Å². The second-order valence-corrected chi connectivity index (χ2v) is 6.15. The summed E-state index contributed by atoms with van der Waals surface area (Å²) in [4.78, 5) is 18.6. The van der Waals surface area contributed by atoms with Gasteiger partial charge in [0.05, 0.1) is 13.7 Å². The number of hydrogen-bond donors (Lipinski definition) is 2. The van der Waals surface area contributed by atoms with E-state index in [0.717, 1.165) is 30.4 Å². The maximum absolute atomic E-state index is 11.8. The number of hydrogen-bond acceptors (Lipinski definition) is 3. The molecule has 6 heteroatoms. The van der Waals surface area contributed by atoms with E-state index in [1.807, 2.05) is 56.4 Å². The van der Waals surface area contributed by atoms with Crippen molar-refractivity contribution in [2.75, 3.05) is 27.7 Å². The molecule has 0 aliphatic heterocycles. The predicted molar refractivity (Wildman–Crippen MR) is 109 cm³/mol. The molecule has 0 aliphatic carbocycles. The first-order valence-electron chi connectivity index (χ1n) is 9.00. The number of carbonyl (C=O) groups excluding carboxylic acids is 1. The second-order valence-electron chi connectivity index (χ2n) is 6.15. The molecule has 0 saturated carbocycles. The summed E-state index contributed by atoms with van der Waals surface area (Å²) in [5.41, 5.74) is 2.80. The lowest BCUT2D eigenvalue weighted by molar-refractivity contribution is 0.0963. The van der Waals surface area contributed by atoms with Crippen LogP contribution in [0.1, 0.15) is 28.4 Å². The average molecular weight is 368 g/mol. The summed E-state index contributed by atoms with van der Waals surface area (Å²) in [5, 5.41) is 5.96. The zero-order valence-corrected chi connectivity index (χ0v) is 16.5. The van der Waals surface area contributed by atoms with Crippen molar-refractivity contribution in [3.63, 3.8) is 0 Å². The van der Waals surface area contributed by atoms with Gasteiger partial charge in [-0.2, -0.15) is 0 Å². The van der Waals surface area contributed by atoms with Crippen LogP contribution in [0, 0.1) is 0 Å². The molecule has 1 amide bonds. The Morgan fingerprint density at radius 2 is 1.89 bits per heavy atom. The molecule has 0 spiro atoms. The molecule has 0 radical (unpaired) electrons. The molecule has 0 heterocycles. The largest absolute Gasteiger partial charge is 0.497 e. The van der Waals surface area contributed by atoms with Gasteiger partial charge >= 0.3 is 0 Å². The van der Waals surface area contributed by atoms with Crippen LogP contribution in [0.2, 0.25) is 0 Å². The van der Waals surface area contributed by atoms with E-state index in [0.29, 0.717) is 12.1 Å². The maximum atomic E-state index is 11.8. The van der Waals surface area contributed by atoms with Gasteiger partial charge in [-0.25, -0.2) is 4.99 Å². The molecule has 27 heavy (non-hydrogen) atoms. The summed E-state index contributed by atoms with van der Waals surface area (Å²) in [7, 11) is 5.30. The van der Waals surface area contributed by atoms with Gasteiger partial charge in [-0.3, -0.25) is 4.79 Å². The lowest BCUT2D eigenvalue weighted by Gasteiger charge is -2.22. The number of rotatable bonds is 7. The number of nitrogens with one attached hydrogen (secondary N) is 2. The summed E-state index contributed by atoms with van der Waals surface area (Å²) in [6.45, 7) is 4.06. The van der Waals surface area contributed by atoms with Crippen LogP contribution in [0.4, 0.5) is 0 Å². The van der Waals surface area contributed by atoms with Gasteiger partial charge in [0.2, 0.25) is 0 Å². The van der Waals surface area contributed by atoms with Crippen molar-refractivity contribution in [1.29, 1.82) is 0 Å². The van der Waals surface area contributed by atoms with Crippen LogP contribution in [0.5, 0.6) is 5.75 Å². The molecule has 0 bridgehead atoms. The molecule has 2 rings (SSSR count). The first-order chi connectivity index (χ1) is 13.1. The fourth-order valence-electron chi connectivity index (χ4n) is 2.67. The fourth-order valence-corrected chi connectivity index (χ4v) is 2.67. The molecule has 0 aromatic heterocycles. The molecule has 2 aromatic rings. The van der Waals surface area contributed by atoms with Crippen molar-refractivity contribution in [1.82, 2.24) is 15.5 Å². The molecule has 0 unspecified atom stereocenters. The molecular formula is C21H28N4O2. The van der Waals surface area contributed by atoms with Gasteiger partial charge in [0.1, 0.15) is 5.75 Å². The van der Waals surface area contributed by atoms with Gasteiger partial charge in [-0.15, -0.1) is 0 Å². The third kappa shape index (κ3) is 6.02. The van der Waals surface area contributed by atoms with E-state index in [1.54, 1.807) is 20.2 Å². The third-order valence-electron chi connectivity index (χ3n) is 4.10. The topological polar surface area (TPSA) is 66.0 Å². The molecule has 0 atom stereocenters. The van der Waals surface area contributed by atoms with E-state index in [-0.39, 0.29) is 5.91 Å². The van der Waals surface area contributed by atoms with Crippen LogP contribution in [0.25, 0.3) is 0 Å². The Hall–Kier alpha value is -3.02. The molecular weight excluding hydrogens is 340 g/mol. The van der Waals surface area contributed by atoms with Crippen LogP contribution < -0.4 is 15.4 Å². The van der Waals surface area contributed by atoms with Gasteiger partial charge < -0.3 is 20.3 Å². The lowest BCUT2D eigenvalue weighted by atomic mass is 10.1. The number of carbonyl (C=O) groups is 1. The number of guanidine groups is 1. The highest BCUT2D eigenvalue weighted by molar-refractivity contribution is 5.94. The highest BCUT2D eigenvalue weighted by Gasteiger charge is 2.08. The van der Waals surface area contributed by atoms with Gasteiger partial charge in [0.25, 0.3) is 5.91 Å². The Kier molecular flexibility index (Phi) is 7.67. The van der Waals surface area contributed by atoms with Crippen molar-refractivity contribution < 1.29 is 9.53 Å². The molecule has 0 fully saturated rings. The lowest BCUT2D eigenvalue weighted by Crippen LogP contribution is -2.38. The molecule has 0 saturated heterocycles. The quantitative estimate of drug-likeness (QED) is 0.582. The zero-order valence-electron chi connectivity index (χ0n) is 16.5. The summed E-state index contributed by atoms with van der Waals surface area (Å²) in [5.74, 6) is 1.57. The monoisotopic (exact) mass is 368 g/mol. The number of nitrogens with zero attached hydrogens (tertiary/aromatic N) is 2. The van der Waals surface area contributed by atoms with Crippen LogP contribution in [0.3, 0.4) is 0 Å². The minimum Gasteiger partial charge on any atom is -0.497 e. The summed E-state index contributed by atoms with van der Waals surface area (Å²) < 4.78 is 5.20. The van der Waals surface area contributed by atoms with Gasteiger partial charge in [-0.1, -0.05) is 24.3 Å². The first kappa shape index (κ1) is 20.3. The van der Waals surface area contributed by atoms with Crippen LogP contribution in [-0.2, 0) is 13.1 Å². The Morgan fingerprint density at radius 3 is 2.52 bits per heavy atom. The van der Waals surface area contributed by atoms with E-state index in [4.69, 9.17) is 9.73 Å². The van der Waals surface area contributed by atoms with Crippen LogP contribution >= 0.6 is 0 Å². The van der Waals surface area contributed by atoms with Crippen LogP contribution in [-0.4, -0.2) is 44.5 Å². The fraction of sp³-hybridized carbons (Fsp3) is 0.333. The number of amides is 1. The first-order valence-corrected chi connectivity index (χ1v) is 9.00. The third-order valence-corrected chi connectivity index (χ3v) is 4.10. The van der Waals surface area contributed by atoms with E-state index in [9.17, 15) is 4.79 Å². The minimum atomic E-state index is -0.0932. The standard InChI is InChI=1S/C21H28N4O2/c1-5-23-21(25(3)15-16-9-11-19(27-4)12-10-16)24-14-17-7-6-8-18(13-17)20(26)22-2/h6-13H,5,14-15H2,1-4H3,(H,22,26)(H,23,24). The number of ether oxygens (including phenoxy) is 1. The van der Waals surface area contributed by atoms with Crippen molar-refractivity contribution in [2.45, 2.75) is 20.0 Å². The highest BCUT2D eigenvalue weighted by Crippen LogP contribution is 2.13. The molecule has 2 N–H and O–H groups in total. The smallest absolute Gasteiger partial charge is 0.251 e. The summed E-state index contributed by atoms with van der Waals surface area (Å²) >= 11 is 0. The Bertz CT molecular complexity index is 772. The zero-order chi connectivity index (χ0) is 19.6. The van der Waals surface area contributed by atoms with Crippen molar-refractivity contribution in [3.05, 3.63) is 65.2 Å². The molecule has 2 aromatic carbocycles. The molecule has 144 valence electrons. The Morgan fingerprint density at radius 1 is 1.15 bits per heavy atom. The van der Waals surface area contributed by atoms with Crippen molar-refractivity contribution >= 4 is 11.9 Å². The Balaban J connectivity index is 2.09. The second kappa shape index (κ2) is 10.2. The normalized spacial score (nSPS) is 11.0. The van der Waals surface area contributed by atoms with Gasteiger partial charge in [0, 0.05) is 32.7 Å². The number of aliphatic imine (C=N–C) groups is 1. The molecule has 0 aliphatic rings. The van der Waals surface area contributed by atoms with E-state index >= 15 is 0 Å². The summed E-state index contributed by atoms with van der Waals surface area (Å²) in [6.07, 6.45) is 0. The highest BCUT2D eigenvalue weighted by atomic mass is 16.5. The average Bonchev–Trinajstić information content (AvgIpc) is 2.71. The van der Waals surface area contributed by atoms with E-state index in [2.05, 4.69) is 15.5 Å². The van der Waals surface area contributed by atoms with Crippen molar-refractivity contribution in [2.24, 2.45) is 4.99 Å². The number of benzene rings is 2. The minimum absolute atomic E-state index is 0.0932. The SMILES string of the molecule is CCNC(=NCc1cccc(C(=O)NC)c1)N(C)Cc1ccc(OC)cc1. The van der Waals surface area contributed by atoms with Crippen LogP contribution in [0.15, 0.2) is 53.5 Å². The van der Waals surface area contributed by atoms with E-state index < -0.39 is 0 Å².